The number of hydrogen-bond donors (Lipinski definition) is 0. The van der Waals surface area contributed by atoms with Crippen LogP contribution in [0.25, 0.3) is 11.2 Å². The molecule has 1 aliphatic rings. The molecule has 1 saturated heterocycles. The molecule has 7 heteroatoms. The van der Waals surface area contributed by atoms with Crippen molar-refractivity contribution in [3.8, 4) is 11.8 Å². The maximum atomic E-state index is 12.3. The zero-order valence-corrected chi connectivity index (χ0v) is 13.1. The first-order valence-corrected chi connectivity index (χ1v) is 7.34. The Balaban J connectivity index is 2.05. The molecule has 22 heavy (non-hydrogen) atoms. The van der Waals surface area contributed by atoms with Crippen LogP contribution in [0.15, 0.2) is 9.59 Å². The molecule has 1 fully saturated rings. The zero-order chi connectivity index (χ0) is 15.9. The lowest BCUT2D eigenvalue weighted by Gasteiger charge is -2.08. The van der Waals surface area contributed by atoms with Crippen molar-refractivity contribution in [3.05, 3.63) is 26.7 Å². The maximum absolute atomic E-state index is 12.3. The van der Waals surface area contributed by atoms with Crippen molar-refractivity contribution < 1.29 is 0 Å². The van der Waals surface area contributed by atoms with Crippen LogP contribution in [0.3, 0.4) is 0 Å². The second kappa shape index (κ2) is 5.46. The third-order valence-electron chi connectivity index (χ3n) is 4.18. The monoisotopic (exact) mass is 301 g/mol. The highest BCUT2D eigenvalue weighted by molar-refractivity contribution is 5.71. The van der Waals surface area contributed by atoms with E-state index >= 15 is 0 Å². The molecule has 0 bridgehead atoms. The number of nitrogens with zero attached hydrogens (tertiary/aromatic N) is 5. The SMILES string of the molecule is Cn1c(=O)c2c(nc(C#CCN3CCCC3)n2C)n(C)c1=O. The summed E-state index contributed by atoms with van der Waals surface area (Å²) < 4.78 is 4.13. The molecule has 3 rings (SSSR count). The van der Waals surface area contributed by atoms with Gasteiger partial charge in [-0.25, -0.2) is 9.78 Å². The highest BCUT2D eigenvalue weighted by atomic mass is 16.2. The fourth-order valence-electron chi connectivity index (χ4n) is 2.80. The summed E-state index contributed by atoms with van der Waals surface area (Å²) in [7, 11) is 4.83. The van der Waals surface area contributed by atoms with Gasteiger partial charge in [0.05, 0.1) is 6.54 Å². The molecule has 116 valence electrons. The average Bonchev–Trinajstić information content (AvgIpc) is 3.12. The standard InChI is InChI=1S/C15H19N5O2/c1-17-11(7-6-10-20-8-4-5-9-20)16-13-12(17)14(21)19(3)15(22)18(13)2/h4-5,8-10H2,1-3H3. The van der Waals surface area contributed by atoms with Crippen molar-refractivity contribution in [2.24, 2.45) is 21.1 Å². The molecule has 0 amide bonds. The molecule has 0 aromatic carbocycles. The predicted octanol–water partition coefficient (Wildman–Crippen LogP) is -0.582. The van der Waals surface area contributed by atoms with Crippen LogP contribution in [0.4, 0.5) is 0 Å². The molecule has 0 unspecified atom stereocenters. The number of imidazole rings is 1. The van der Waals surface area contributed by atoms with Crippen molar-refractivity contribution in [3.63, 3.8) is 0 Å². The van der Waals surface area contributed by atoms with Gasteiger partial charge in [0.25, 0.3) is 5.56 Å². The predicted molar refractivity (Wildman–Crippen MR) is 83.7 cm³/mol. The third-order valence-corrected chi connectivity index (χ3v) is 4.18. The Labute approximate surface area is 127 Å². The van der Waals surface area contributed by atoms with Gasteiger partial charge >= 0.3 is 5.69 Å². The summed E-state index contributed by atoms with van der Waals surface area (Å²) in [4.78, 5) is 30.9. The summed E-state index contributed by atoms with van der Waals surface area (Å²) in [5.41, 5.74) is 0.0454. The Hall–Kier alpha value is -2.33. The minimum atomic E-state index is -0.382. The van der Waals surface area contributed by atoms with Crippen LogP contribution in [-0.2, 0) is 21.1 Å². The molecular weight excluding hydrogens is 282 g/mol. The first kappa shape index (κ1) is 14.6. The van der Waals surface area contributed by atoms with E-state index in [1.165, 1.54) is 24.5 Å². The van der Waals surface area contributed by atoms with E-state index in [0.29, 0.717) is 23.5 Å². The highest BCUT2D eigenvalue weighted by Gasteiger charge is 2.16. The summed E-state index contributed by atoms with van der Waals surface area (Å²) in [5.74, 6) is 6.64. The quantitative estimate of drug-likeness (QED) is 0.661. The number of hydrogen-bond acceptors (Lipinski definition) is 4. The van der Waals surface area contributed by atoms with Crippen molar-refractivity contribution in [2.75, 3.05) is 19.6 Å². The van der Waals surface area contributed by atoms with Gasteiger partial charge in [0, 0.05) is 21.1 Å². The largest absolute Gasteiger partial charge is 0.332 e. The normalized spacial score (nSPS) is 15.2. The van der Waals surface area contributed by atoms with Gasteiger partial charge in [-0.15, -0.1) is 0 Å². The Morgan fingerprint density at radius 3 is 2.41 bits per heavy atom. The van der Waals surface area contributed by atoms with Crippen molar-refractivity contribution in [1.82, 2.24) is 23.6 Å². The smallest absolute Gasteiger partial charge is 0.315 e. The van der Waals surface area contributed by atoms with Crippen LogP contribution >= 0.6 is 0 Å². The van der Waals surface area contributed by atoms with Gasteiger partial charge in [0.1, 0.15) is 0 Å². The van der Waals surface area contributed by atoms with Gasteiger partial charge in [0.15, 0.2) is 17.0 Å². The van der Waals surface area contributed by atoms with Gasteiger partial charge in [0.2, 0.25) is 0 Å². The van der Waals surface area contributed by atoms with E-state index in [9.17, 15) is 9.59 Å². The maximum Gasteiger partial charge on any atom is 0.332 e. The Morgan fingerprint density at radius 1 is 1.05 bits per heavy atom. The average molecular weight is 301 g/mol. The van der Waals surface area contributed by atoms with Crippen LogP contribution in [0, 0.1) is 11.8 Å². The van der Waals surface area contributed by atoms with Crippen LogP contribution < -0.4 is 11.2 Å². The van der Waals surface area contributed by atoms with Crippen LogP contribution in [0.5, 0.6) is 0 Å². The molecule has 0 aliphatic carbocycles. The van der Waals surface area contributed by atoms with Gasteiger partial charge in [-0.3, -0.25) is 18.8 Å². The number of aromatic nitrogens is 4. The second-order valence-electron chi connectivity index (χ2n) is 5.66. The lowest BCUT2D eigenvalue weighted by molar-refractivity contribution is 0.383. The van der Waals surface area contributed by atoms with E-state index in [1.807, 2.05) is 0 Å². The number of likely N-dealkylation sites (tertiary alicyclic amines) is 1. The van der Waals surface area contributed by atoms with Crippen molar-refractivity contribution in [1.29, 1.82) is 0 Å². The molecule has 1 aliphatic heterocycles. The van der Waals surface area contributed by atoms with Crippen LogP contribution in [0.1, 0.15) is 18.7 Å². The van der Waals surface area contributed by atoms with Gasteiger partial charge < -0.3 is 4.57 Å². The molecule has 0 atom stereocenters. The molecule has 2 aromatic heterocycles. The second-order valence-corrected chi connectivity index (χ2v) is 5.66. The number of aryl methyl sites for hydroxylation is 2. The van der Waals surface area contributed by atoms with E-state index in [-0.39, 0.29) is 11.2 Å². The summed E-state index contributed by atoms with van der Waals surface area (Å²) in [6.45, 7) is 2.89. The van der Waals surface area contributed by atoms with Crippen LogP contribution in [0.2, 0.25) is 0 Å². The third kappa shape index (κ3) is 2.25. The van der Waals surface area contributed by atoms with E-state index < -0.39 is 0 Å². The topological polar surface area (TPSA) is 65.1 Å². The van der Waals surface area contributed by atoms with Gasteiger partial charge in [-0.1, -0.05) is 5.92 Å². The number of fused-ring (bicyclic) bond motifs is 1. The molecular formula is C15H19N5O2. The molecule has 7 nitrogen and oxygen atoms in total. The molecule has 3 heterocycles. The fraction of sp³-hybridized carbons (Fsp3) is 0.533. The summed E-state index contributed by atoms with van der Waals surface area (Å²) in [6.07, 6.45) is 2.46. The lowest BCUT2D eigenvalue weighted by Crippen LogP contribution is -2.37. The van der Waals surface area contributed by atoms with Gasteiger partial charge in [-0.05, 0) is 31.9 Å². The lowest BCUT2D eigenvalue weighted by atomic mass is 10.4. The van der Waals surface area contributed by atoms with E-state index in [2.05, 4.69) is 21.7 Å². The Morgan fingerprint density at radius 2 is 1.73 bits per heavy atom. The highest BCUT2D eigenvalue weighted by Crippen LogP contribution is 2.08. The molecule has 0 radical (unpaired) electrons. The fourth-order valence-corrected chi connectivity index (χ4v) is 2.80. The van der Waals surface area contributed by atoms with Crippen LogP contribution in [-0.4, -0.2) is 43.2 Å². The van der Waals surface area contributed by atoms with Crippen molar-refractivity contribution >= 4 is 11.2 Å². The summed E-state index contributed by atoms with van der Waals surface area (Å²) >= 11 is 0. The molecule has 0 spiro atoms. The Bertz CT molecular complexity index is 900. The minimum Gasteiger partial charge on any atom is -0.315 e. The Kier molecular flexibility index (Phi) is 3.62. The number of rotatable bonds is 1. The van der Waals surface area contributed by atoms with E-state index in [1.54, 1.807) is 18.7 Å². The summed E-state index contributed by atoms with van der Waals surface area (Å²) in [5, 5.41) is 0. The first-order chi connectivity index (χ1) is 10.5. The van der Waals surface area contributed by atoms with Crippen molar-refractivity contribution in [2.45, 2.75) is 12.8 Å². The zero-order valence-electron chi connectivity index (χ0n) is 13.1. The molecule has 0 saturated carbocycles. The van der Waals surface area contributed by atoms with Gasteiger partial charge in [-0.2, -0.15) is 0 Å². The van der Waals surface area contributed by atoms with E-state index in [0.717, 1.165) is 17.7 Å². The first-order valence-electron chi connectivity index (χ1n) is 7.34. The van der Waals surface area contributed by atoms with E-state index in [4.69, 9.17) is 0 Å². The molecule has 2 aromatic rings. The summed E-state index contributed by atoms with van der Waals surface area (Å²) in [6, 6.07) is 0. The molecule has 0 N–H and O–H groups in total. The minimum absolute atomic E-state index is 0.347.